The quantitative estimate of drug-likeness (QED) is 0.0199. The number of amides is 1. The van der Waals surface area contributed by atoms with Gasteiger partial charge in [0, 0.05) is 6.42 Å². The minimum absolute atomic E-state index is 0.238. The summed E-state index contributed by atoms with van der Waals surface area (Å²) in [7, 11) is 0. The van der Waals surface area contributed by atoms with Gasteiger partial charge in [0.1, 0.15) is 73.2 Å². The van der Waals surface area contributed by atoms with E-state index in [1.807, 2.05) is 6.08 Å². The van der Waals surface area contributed by atoms with Crippen LogP contribution in [-0.2, 0) is 33.2 Å². The van der Waals surface area contributed by atoms with Crippen LogP contribution in [0.15, 0.2) is 48.6 Å². The molecule has 0 aromatic carbocycles. The minimum atomic E-state index is -1.98. The number of nitrogens with one attached hydrogen (secondary N) is 1. The molecule has 0 radical (unpaired) electrons. The van der Waals surface area contributed by atoms with E-state index in [-0.39, 0.29) is 18.9 Å². The van der Waals surface area contributed by atoms with Gasteiger partial charge in [-0.05, 0) is 57.8 Å². The molecule has 3 rings (SSSR count). The Kier molecular flexibility index (Phi) is 48.2. The number of allylic oxidation sites excluding steroid dienone is 7. The van der Waals surface area contributed by atoms with Crippen LogP contribution in [0.2, 0.25) is 0 Å². The smallest absolute Gasteiger partial charge is 0.220 e. The first kappa shape index (κ1) is 82.0. The van der Waals surface area contributed by atoms with Crippen LogP contribution in [0.3, 0.4) is 0 Å². The van der Waals surface area contributed by atoms with E-state index in [4.69, 9.17) is 28.4 Å². The van der Waals surface area contributed by atoms with Gasteiger partial charge in [-0.3, -0.25) is 4.79 Å². The fourth-order valence-corrected chi connectivity index (χ4v) is 12.0. The molecule has 0 bridgehead atoms. The molecule has 0 spiro atoms. The topological polar surface area (TPSA) is 307 Å². The van der Waals surface area contributed by atoms with E-state index >= 15 is 0 Å². The highest BCUT2D eigenvalue weighted by Crippen LogP contribution is 2.33. The van der Waals surface area contributed by atoms with Gasteiger partial charge in [0.25, 0.3) is 0 Å². The van der Waals surface area contributed by atoms with Crippen LogP contribution in [-0.4, -0.2) is 193 Å². The van der Waals surface area contributed by atoms with Crippen molar-refractivity contribution in [3.8, 4) is 0 Å². The lowest BCUT2D eigenvalue weighted by Gasteiger charge is -2.48. The Balaban J connectivity index is 1.43. The predicted molar refractivity (Wildman–Crippen MR) is 351 cm³/mol. The second kappa shape index (κ2) is 53.0. The minimum Gasteiger partial charge on any atom is -0.394 e. The van der Waals surface area contributed by atoms with Gasteiger partial charge in [0.15, 0.2) is 18.9 Å². The Morgan fingerprint density at radius 1 is 0.400 bits per heavy atom. The van der Waals surface area contributed by atoms with E-state index in [0.29, 0.717) is 6.42 Å². The summed E-state index contributed by atoms with van der Waals surface area (Å²) in [6.45, 7) is 1.74. The molecule has 3 aliphatic rings. The summed E-state index contributed by atoms with van der Waals surface area (Å²) in [4.78, 5) is 13.4. The van der Waals surface area contributed by atoms with E-state index in [9.17, 15) is 61.0 Å². The molecule has 1 amide bonds. The predicted octanol–water partition coefficient (Wildman–Crippen LogP) is 9.78. The number of unbranched alkanes of at least 4 members (excludes halogenated alkanes) is 33. The van der Waals surface area contributed by atoms with Gasteiger partial charge in [-0.1, -0.05) is 249 Å². The SMILES string of the molecule is CCCCCCC/C=C\C/C=C\C/C=C\CCCCCCCCCCCCC(=O)NC(COC1OC(CO)C(OC2OC(CO)C(OC3OC(CO)C(O)C(O)C3O)C(O)C2O)C(O)C1O)C(O)/C=C/CCCCCCCCCCCCCCCCCCCC. The Morgan fingerprint density at radius 2 is 0.733 bits per heavy atom. The maximum Gasteiger partial charge on any atom is 0.220 e. The van der Waals surface area contributed by atoms with E-state index in [2.05, 4.69) is 55.6 Å². The number of ether oxygens (including phenoxy) is 6. The lowest BCUT2D eigenvalue weighted by molar-refractivity contribution is -0.379. The van der Waals surface area contributed by atoms with Crippen molar-refractivity contribution < 1.29 is 89.4 Å². The van der Waals surface area contributed by atoms with Crippen molar-refractivity contribution in [1.29, 1.82) is 0 Å². The van der Waals surface area contributed by atoms with Gasteiger partial charge in [-0.2, -0.15) is 0 Å². The van der Waals surface area contributed by atoms with Crippen molar-refractivity contribution in [1.82, 2.24) is 5.32 Å². The Hall–Kier alpha value is -2.25. The second-order valence-electron chi connectivity index (χ2n) is 25.7. The summed E-state index contributed by atoms with van der Waals surface area (Å²) < 4.78 is 34.4. The molecule has 3 fully saturated rings. The first-order valence-corrected chi connectivity index (χ1v) is 35.9. The summed E-state index contributed by atoms with van der Waals surface area (Å²) in [5, 5.41) is 121. The van der Waals surface area contributed by atoms with Gasteiger partial charge in [0.2, 0.25) is 5.91 Å². The van der Waals surface area contributed by atoms with E-state index in [0.717, 1.165) is 70.6 Å². The van der Waals surface area contributed by atoms with Gasteiger partial charge in [0.05, 0.1) is 38.6 Å². The van der Waals surface area contributed by atoms with Crippen LogP contribution in [0.25, 0.3) is 0 Å². The van der Waals surface area contributed by atoms with Gasteiger partial charge in [-0.25, -0.2) is 0 Å². The molecule has 90 heavy (non-hydrogen) atoms. The highest BCUT2D eigenvalue weighted by atomic mass is 16.8. The summed E-state index contributed by atoms with van der Waals surface area (Å²) in [6, 6.07) is -0.977. The molecule has 17 unspecified atom stereocenters. The maximum atomic E-state index is 13.4. The zero-order valence-electron chi connectivity index (χ0n) is 55.6. The number of hydrogen-bond acceptors (Lipinski definition) is 18. The van der Waals surface area contributed by atoms with Crippen molar-refractivity contribution >= 4 is 5.91 Å². The summed E-state index contributed by atoms with van der Waals surface area (Å²) in [6.07, 6.45) is 36.4. The molecule has 3 aliphatic heterocycles. The lowest BCUT2D eigenvalue weighted by Crippen LogP contribution is -2.66. The van der Waals surface area contributed by atoms with Crippen molar-refractivity contribution in [2.24, 2.45) is 0 Å². The first-order chi connectivity index (χ1) is 43.8. The van der Waals surface area contributed by atoms with E-state index in [1.165, 1.54) is 167 Å². The second-order valence-corrected chi connectivity index (χ2v) is 25.7. The largest absolute Gasteiger partial charge is 0.394 e. The van der Waals surface area contributed by atoms with E-state index < -0.39 is 124 Å². The molecule has 19 nitrogen and oxygen atoms in total. The molecule has 3 saturated heterocycles. The first-order valence-electron chi connectivity index (χ1n) is 35.9. The Labute approximate surface area is 542 Å². The molecular formula is C71H129NO18. The van der Waals surface area contributed by atoms with E-state index in [1.54, 1.807) is 6.08 Å². The summed E-state index contributed by atoms with van der Waals surface area (Å²) in [5.74, 6) is -0.278. The molecule has 0 aromatic rings. The number of hydrogen-bond donors (Lipinski definition) is 12. The van der Waals surface area contributed by atoms with Crippen LogP contribution in [0.1, 0.15) is 264 Å². The number of rotatable bonds is 55. The standard InChI is InChI=1S/C71H129NO18/c1-3-5-7-9-11-13-15-17-19-21-23-25-26-27-28-29-31-33-35-37-39-41-43-45-47-49-59(77)72-54(55(76)48-46-44-42-40-38-36-34-32-30-24-22-20-18-16-14-12-10-8-6-4-2)53-85-69-65(83)62(80)67(57(51-74)87-69)90-71-66(84)63(81)68(58(52-75)88-71)89-70-64(82)61(79)60(78)56(50-73)86-70/h15,17,21,23,26-27,46,48,54-58,60-71,73-76,78-84H,3-14,16,18-20,22,24-25,28-45,47,49-53H2,1-2H3,(H,72,77)/b17-15-,23-21-,27-26-,48-46+. The normalized spacial score (nSPS) is 28.3. The van der Waals surface area contributed by atoms with Crippen molar-refractivity contribution in [3.05, 3.63) is 48.6 Å². The Morgan fingerprint density at radius 3 is 1.14 bits per heavy atom. The number of carbonyl (C=O) groups excluding carboxylic acids is 1. The molecule has 526 valence electrons. The fourth-order valence-electron chi connectivity index (χ4n) is 12.0. The zero-order valence-corrected chi connectivity index (χ0v) is 55.6. The van der Waals surface area contributed by atoms with Crippen LogP contribution < -0.4 is 5.32 Å². The molecule has 0 aliphatic carbocycles. The Bertz CT molecular complexity index is 1820. The van der Waals surface area contributed by atoms with Gasteiger partial charge < -0.3 is 89.9 Å². The molecule has 17 atom stereocenters. The molecule has 12 N–H and O–H groups in total. The van der Waals surface area contributed by atoms with Gasteiger partial charge >= 0.3 is 0 Å². The third-order valence-corrected chi connectivity index (χ3v) is 17.9. The monoisotopic (exact) mass is 1280 g/mol. The third-order valence-electron chi connectivity index (χ3n) is 17.9. The highest BCUT2D eigenvalue weighted by Gasteiger charge is 2.53. The molecule has 3 heterocycles. The average Bonchev–Trinajstić information content (AvgIpc) is 0.847. The molecule has 0 saturated carbocycles. The molecule has 0 aromatic heterocycles. The zero-order chi connectivity index (χ0) is 65.4. The van der Waals surface area contributed by atoms with Crippen molar-refractivity contribution in [2.45, 2.75) is 369 Å². The van der Waals surface area contributed by atoms with Gasteiger partial charge in [-0.15, -0.1) is 0 Å². The number of aliphatic hydroxyl groups is 11. The molecule has 19 heteroatoms. The van der Waals surface area contributed by atoms with Crippen LogP contribution >= 0.6 is 0 Å². The van der Waals surface area contributed by atoms with Crippen molar-refractivity contribution in [2.75, 3.05) is 26.4 Å². The average molecular weight is 1280 g/mol. The number of aliphatic hydroxyl groups excluding tert-OH is 11. The van der Waals surface area contributed by atoms with Crippen LogP contribution in [0.5, 0.6) is 0 Å². The number of carbonyl (C=O) groups is 1. The van der Waals surface area contributed by atoms with Crippen molar-refractivity contribution in [3.63, 3.8) is 0 Å². The lowest BCUT2D eigenvalue weighted by atomic mass is 9.96. The maximum absolute atomic E-state index is 13.4. The summed E-state index contributed by atoms with van der Waals surface area (Å²) >= 11 is 0. The molecular weight excluding hydrogens is 1150 g/mol. The highest BCUT2D eigenvalue weighted by molar-refractivity contribution is 5.76. The fraction of sp³-hybridized carbons (Fsp3) is 0.873. The summed E-state index contributed by atoms with van der Waals surface area (Å²) in [5.41, 5.74) is 0. The van der Waals surface area contributed by atoms with Crippen LogP contribution in [0.4, 0.5) is 0 Å². The van der Waals surface area contributed by atoms with Crippen LogP contribution in [0, 0.1) is 0 Å². The third kappa shape index (κ3) is 34.4.